The summed E-state index contributed by atoms with van der Waals surface area (Å²) < 4.78 is 5.03. The minimum absolute atomic E-state index is 0. The maximum Gasteiger partial charge on any atom is 0.407 e. The average molecular weight is 511 g/mol. The summed E-state index contributed by atoms with van der Waals surface area (Å²) in [6, 6.07) is 0.434. The molecule has 166 valence electrons. The fourth-order valence-electron chi connectivity index (χ4n) is 3.42. The van der Waals surface area contributed by atoms with Gasteiger partial charge in [-0.25, -0.2) is 4.79 Å². The number of rotatable bonds is 10. The third-order valence-electron chi connectivity index (χ3n) is 4.64. The predicted molar refractivity (Wildman–Crippen MR) is 128 cm³/mol. The maximum atomic E-state index is 11.8. The van der Waals surface area contributed by atoms with E-state index >= 15 is 0 Å². The molecule has 1 saturated heterocycles. The van der Waals surface area contributed by atoms with Crippen LogP contribution in [0.3, 0.4) is 0 Å². The summed E-state index contributed by atoms with van der Waals surface area (Å²) in [6.45, 7) is 15.6. The van der Waals surface area contributed by atoms with Crippen LogP contribution in [-0.2, 0) is 4.74 Å². The molecule has 1 amide bonds. The number of alkyl carbamates (subject to hydrolysis) is 1. The molecule has 0 aromatic rings. The lowest BCUT2D eigenvalue weighted by Crippen LogP contribution is -2.49. The van der Waals surface area contributed by atoms with Crippen LogP contribution in [0.4, 0.5) is 4.79 Å². The predicted octanol–water partition coefficient (Wildman–Crippen LogP) is 3.19. The lowest BCUT2D eigenvalue weighted by molar-refractivity contribution is 0.147. The van der Waals surface area contributed by atoms with E-state index in [4.69, 9.17) is 9.73 Å². The maximum absolute atomic E-state index is 11.8. The van der Waals surface area contributed by atoms with E-state index in [1.165, 1.54) is 13.0 Å². The van der Waals surface area contributed by atoms with Crippen molar-refractivity contribution in [3.8, 4) is 0 Å². The number of carbonyl (C=O) groups excluding carboxylic acids is 1. The van der Waals surface area contributed by atoms with Gasteiger partial charge in [-0.05, 0) is 52.0 Å². The molecule has 8 heteroatoms. The van der Waals surface area contributed by atoms with E-state index in [9.17, 15) is 4.79 Å². The third-order valence-corrected chi connectivity index (χ3v) is 4.64. The second-order valence-corrected chi connectivity index (χ2v) is 7.67. The zero-order valence-corrected chi connectivity index (χ0v) is 20.8. The molecule has 3 N–H and O–H groups in total. The Labute approximate surface area is 188 Å². The van der Waals surface area contributed by atoms with Crippen LogP contribution < -0.4 is 16.0 Å². The molecular weight excluding hydrogens is 469 g/mol. The first-order valence-electron chi connectivity index (χ1n) is 10.7. The lowest BCUT2D eigenvalue weighted by Gasteiger charge is -2.33. The molecule has 1 atom stereocenters. The Morgan fingerprint density at radius 2 is 1.89 bits per heavy atom. The van der Waals surface area contributed by atoms with Crippen LogP contribution in [0, 0.1) is 5.92 Å². The van der Waals surface area contributed by atoms with Crippen molar-refractivity contribution in [1.82, 2.24) is 20.9 Å². The molecule has 7 nitrogen and oxygen atoms in total. The van der Waals surface area contributed by atoms with Crippen LogP contribution in [-0.4, -0.2) is 68.4 Å². The lowest BCUT2D eigenvalue weighted by atomic mass is 10.0. The van der Waals surface area contributed by atoms with Crippen molar-refractivity contribution in [3.05, 3.63) is 0 Å². The number of hydrogen-bond acceptors (Lipinski definition) is 4. The minimum Gasteiger partial charge on any atom is -0.450 e. The van der Waals surface area contributed by atoms with Crippen molar-refractivity contribution in [2.45, 2.75) is 72.4 Å². The van der Waals surface area contributed by atoms with Gasteiger partial charge in [0.15, 0.2) is 5.96 Å². The molecule has 1 heterocycles. The molecule has 0 radical (unpaired) electrons. The van der Waals surface area contributed by atoms with E-state index in [1.54, 1.807) is 0 Å². The Balaban J connectivity index is 0.00000729. The van der Waals surface area contributed by atoms with Gasteiger partial charge in [0.05, 0.1) is 19.2 Å². The number of amides is 1. The number of nitrogens with one attached hydrogen (secondary N) is 3. The van der Waals surface area contributed by atoms with Crippen molar-refractivity contribution in [1.29, 1.82) is 0 Å². The molecule has 0 aromatic carbocycles. The molecule has 0 aliphatic carbocycles. The fraction of sp³-hybridized carbons (Fsp3) is 0.900. The largest absolute Gasteiger partial charge is 0.450 e. The molecule has 28 heavy (non-hydrogen) atoms. The average Bonchev–Trinajstić information content (AvgIpc) is 2.61. The molecule has 1 rings (SSSR count). The number of aliphatic imine (C=N–C) groups is 1. The van der Waals surface area contributed by atoms with Crippen molar-refractivity contribution < 1.29 is 9.53 Å². The zero-order chi connectivity index (χ0) is 20.1. The Kier molecular flexibility index (Phi) is 15.6. The molecule has 0 bridgehead atoms. The quantitative estimate of drug-likeness (QED) is 0.239. The number of guanidine groups is 1. The van der Waals surface area contributed by atoms with Gasteiger partial charge in [0.2, 0.25) is 0 Å². The third kappa shape index (κ3) is 11.9. The minimum atomic E-state index is -0.361. The summed E-state index contributed by atoms with van der Waals surface area (Å²) in [4.78, 5) is 19.1. The van der Waals surface area contributed by atoms with Gasteiger partial charge < -0.3 is 25.6 Å². The molecular formula is C20H42IN5O2. The molecule has 1 unspecified atom stereocenters. The monoisotopic (exact) mass is 511 g/mol. The van der Waals surface area contributed by atoms with Gasteiger partial charge in [0.25, 0.3) is 0 Å². The van der Waals surface area contributed by atoms with E-state index in [2.05, 4.69) is 48.5 Å². The van der Waals surface area contributed by atoms with Crippen LogP contribution in [0.2, 0.25) is 0 Å². The number of carbonyl (C=O) groups is 1. The Hall–Kier alpha value is -0.770. The Morgan fingerprint density at radius 1 is 1.21 bits per heavy atom. The van der Waals surface area contributed by atoms with Crippen molar-refractivity contribution in [3.63, 3.8) is 0 Å². The summed E-state index contributed by atoms with van der Waals surface area (Å²) in [7, 11) is 0. The molecule has 1 aliphatic rings. The summed E-state index contributed by atoms with van der Waals surface area (Å²) >= 11 is 0. The van der Waals surface area contributed by atoms with Gasteiger partial charge in [-0.3, -0.25) is 4.99 Å². The molecule has 0 spiro atoms. The van der Waals surface area contributed by atoms with Crippen LogP contribution >= 0.6 is 24.0 Å². The second kappa shape index (κ2) is 16.1. The molecule has 0 aromatic heterocycles. The highest BCUT2D eigenvalue weighted by molar-refractivity contribution is 14.0. The van der Waals surface area contributed by atoms with Gasteiger partial charge in [-0.15, -0.1) is 24.0 Å². The SMILES string of the molecule is CCCN1CCC(NC(=NCC(CC(C)C)NC(=O)OCC)NCC)CC1.I. The van der Waals surface area contributed by atoms with Gasteiger partial charge in [0.1, 0.15) is 0 Å². The number of likely N-dealkylation sites (tertiary alicyclic amines) is 1. The zero-order valence-electron chi connectivity index (χ0n) is 18.4. The van der Waals surface area contributed by atoms with Crippen LogP contribution in [0.5, 0.6) is 0 Å². The number of nitrogens with zero attached hydrogens (tertiary/aromatic N) is 2. The Morgan fingerprint density at radius 3 is 2.43 bits per heavy atom. The summed E-state index contributed by atoms with van der Waals surface area (Å²) in [5.41, 5.74) is 0. The first-order valence-corrected chi connectivity index (χ1v) is 10.7. The van der Waals surface area contributed by atoms with Crippen molar-refractivity contribution >= 4 is 36.0 Å². The highest BCUT2D eigenvalue weighted by atomic mass is 127. The van der Waals surface area contributed by atoms with Crippen molar-refractivity contribution in [2.24, 2.45) is 10.9 Å². The van der Waals surface area contributed by atoms with Gasteiger partial charge in [-0.2, -0.15) is 0 Å². The fourth-order valence-corrected chi connectivity index (χ4v) is 3.42. The highest BCUT2D eigenvalue weighted by Crippen LogP contribution is 2.11. The van der Waals surface area contributed by atoms with E-state index < -0.39 is 0 Å². The number of ether oxygens (including phenoxy) is 1. The number of halogens is 1. The molecule has 1 fully saturated rings. The van der Waals surface area contributed by atoms with Crippen LogP contribution in [0.25, 0.3) is 0 Å². The molecule has 0 saturated carbocycles. The van der Waals surface area contributed by atoms with E-state index in [-0.39, 0.29) is 36.1 Å². The summed E-state index contributed by atoms with van der Waals surface area (Å²) in [5.74, 6) is 1.32. The normalized spacial score (nSPS) is 17.0. The van der Waals surface area contributed by atoms with Crippen LogP contribution in [0.1, 0.15) is 60.3 Å². The second-order valence-electron chi connectivity index (χ2n) is 7.67. The number of hydrogen-bond donors (Lipinski definition) is 3. The van der Waals surface area contributed by atoms with E-state index in [0.29, 0.717) is 25.1 Å². The van der Waals surface area contributed by atoms with Crippen molar-refractivity contribution in [2.75, 3.05) is 39.3 Å². The first kappa shape index (κ1) is 27.2. The Bertz CT molecular complexity index is 440. The topological polar surface area (TPSA) is 78.0 Å². The highest BCUT2D eigenvalue weighted by Gasteiger charge is 2.20. The van der Waals surface area contributed by atoms with Gasteiger partial charge in [0, 0.05) is 25.7 Å². The standard InChI is InChI=1S/C20H41N5O2.HI/c1-6-11-25-12-9-17(10-13-25)23-19(21-7-2)22-15-18(14-16(4)5)24-20(26)27-8-3;/h16-18H,6-15H2,1-5H3,(H,24,26)(H2,21,22,23);1H. The summed E-state index contributed by atoms with van der Waals surface area (Å²) in [5, 5.41) is 9.85. The van der Waals surface area contributed by atoms with Gasteiger partial charge in [-0.1, -0.05) is 20.8 Å². The molecule has 1 aliphatic heterocycles. The van der Waals surface area contributed by atoms with Gasteiger partial charge >= 0.3 is 6.09 Å². The number of piperidine rings is 1. The smallest absolute Gasteiger partial charge is 0.407 e. The van der Waals surface area contributed by atoms with Crippen LogP contribution in [0.15, 0.2) is 4.99 Å². The van der Waals surface area contributed by atoms with E-state index in [0.717, 1.165) is 44.9 Å². The summed E-state index contributed by atoms with van der Waals surface area (Å²) in [6.07, 6.45) is 4.01. The first-order chi connectivity index (χ1) is 13.0. The van der Waals surface area contributed by atoms with E-state index in [1.807, 2.05) is 6.92 Å².